The molecule has 5 nitrogen and oxygen atoms in total. The topological polar surface area (TPSA) is 68.3 Å². The van der Waals surface area contributed by atoms with Crippen LogP contribution < -0.4 is 10.1 Å². The van der Waals surface area contributed by atoms with E-state index in [1.807, 2.05) is 26.8 Å². The van der Waals surface area contributed by atoms with Crippen LogP contribution in [-0.2, 0) is 9.84 Å². The van der Waals surface area contributed by atoms with Gasteiger partial charge in [0.05, 0.1) is 23.6 Å². The van der Waals surface area contributed by atoms with Crippen LogP contribution in [0, 0.1) is 0 Å². The van der Waals surface area contributed by atoms with Crippen LogP contribution in [0.5, 0.6) is 5.75 Å². The zero-order chi connectivity index (χ0) is 16.0. The zero-order valence-corrected chi connectivity index (χ0v) is 14.3. The van der Waals surface area contributed by atoms with Crippen LogP contribution in [0.2, 0.25) is 0 Å². The standard InChI is InChI=1S/C15H26N2O3S/c1-6-7-17-15(12(4)21(5,18)19)13-8-14(10-16-9-13)20-11(2)3/h8-12,15,17H,6-7H2,1-5H3. The maximum atomic E-state index is 11.9. The number of hydrogen-bond acceptors (Lipinski definition) is 5. The van der Waals surface area contributed by atoms with E-state index in [4.69, 9.17) is 4.74 Å². The lowest BCUT2D eigenvalue weighted by Gasteiger charge is -2.24. The van der Waals surface area contributed by atoms with E-state index >= 15 is 0 Å². The average molecular weight is 314 g/mol. The first kappa shape index (κ1) is 17.9. The number of pyridine rings is 1. The smallest absolute Gasteiger partial charge is 0.151 e. The highest BCUT2D eigenvalue weighted by atomic mass is 32.2. The van der Waals surface area contributed by atoms with E-state index in [-0.39, 0.29) is 12.1 Å². The van der Waals surface area contributed by atoms with Gasteiger partial charge in [-0.15, -0.1) is 0 Å². The van der Waals surface area contributed by atoms with Gasteiger partial charge in [-0.25, -0.2) is 8.42 Å². The predicted octanol–water partition coefficient (Wildman–Crippen LogP) is 2.34. The Kier molecular flexibility index (Phi) is 6.61. The van der Waals surface area contributed by atoms with Gasteiger partial charge < -0.3 is 10.1 Å². The third-order valence-corrected chi connectivity index (χ3v) is 4.85. The molecule has 1 N–H and O–H groups in total. The molecule has 1 aromatic rings. The van der Waals surface area contributed by atoms with Crippen LogP contribution in [0.1, 0.15) is 45.7 Å². The zero-order valence-electron chi connectivity index (χ0n) is 13.5. The van der Waals surface area contributed by atoms with Crippen molar-refractivity contribution >= 4 is 9.84 Å². The van der Waals surface area contributed by atoms with E-state index in [2.05, 4.69) is 10.3 Å². The number of aromatic nitrogens is 1. The molecule has 0 saturated heterocycles. The van der Waals surface area contributed by atoms with Crippen molar-refractivity contribution in [3.8, 4) is 5.75 Å². The lowest BCUT2D eigenvalue weighted by Crippen LogP contribution is -2.35. The molecule has 0 amide bonds. The van der Waals surface area contributed by atoms with Gasteiger partial charge in [-0.2, -0.15) is 0 Å². The molecule has 120 valence electrons. The normalized spacial score (nSPS) is 15.0. The Labute approximate surface area is 128 Å². The summed E-state index contributed by atoms with van der Waals surface area (Å²) >= 11 is 0. The van der Waals surface area contributed by atoms with Gasteiger partial charge in [0.2, 0.25) is 0 Å². The average Bonchev–Trinajstić information content (AvgIpc) is 2.37. The first-order valence-corrected chi connectivity index (χ1v) is 9.25. The molecular formula is C15H26N2O3S. The summed E-state index contributed by atoms with van der Waals surface area (Å²) in [7, 11) is -3.15. The molecule has 0 bridgehead atoms. The van der Waals surface area contributed by atoms with Crippen molar-refractivity contribution in [3.63, 3.8) is 0 Å². The van der Waals surface area contributed by atoms with Crippen LogP contribution in [0.3, 0.4) is 0 Å². The summed E-state index contributed by atoms with van der Waals surface area (Å²) in [5.74, 6) is 0.659. The lowest BCUT2D eigenvalue weighted by atomic mass is 10.1. The van der Waals surface area contributed by atoms with E-state index in [0.29, 0.717) is 5.75 Å². The highest BCUT2D eigenvalue weighted by Crippen LogP contribution is 2.24. The Bertz CT molecular complexity index is 544. The molecule has 1 heterocycles. The molecule has 1 aromatic heterocycles. The molecule has 2 unspecified atom stereocenters. The second-order valence-corrected chi connectivity index (χ2v) is 7.99. The third-order valence-electron chi connectivity index (χ3n) is 3.22. The first-order chi connectivity index (χ1) is 9.75. The fourth-order valence-corrected chi connectivity index (χ4v) is 2.79. The molecule has 21 heavy (non-hydrogen) atoms. The monoisotopic (exact) mass is 314 g/mol. The highest BCUT2D eigenvalue weighted by Gasteiger charge is 2.27. The van der Waals surface area contributed by atoms with Crippen molar-refractivity contribution in [2.75, 3.05) is 12.8 Å². The first-order valence-electron chi connectivity index (χ1n) is 7.29. The van der Waals surface area contributed by atoms with Crippen molar-refractivity contribution < 1.29 is 13.2 Å². The predicted molar refractivity (Wildman–Crippen MR) is 85.3 cm³/mol. The van der Waals surface area contributed by atoms with Gasteiger partial charge in [0.25, 0.3) is 0 Å². The maximum absolute atomic E-state index is 11.9. The Hall–Kier alpha value is -1.14. The van der Waals surface area contributed by atoms with Crippen molar-refractivity contribution in [1.82, 2.24) is 10.3 Å². The molecule has 0 fully saturated rings. The van der Waals surface area contributed by atoms with Gasteiger partial charge >= 0.3 is 0 Å². The van der Waals surface area contributed by atoms with Crippen molar-refractivity contribution in [2.24, 2.45) is 0 Å². The van der Waals surface area contributed by atoms with Crippen molar-refractivity contribution in [2.45, 2.75) is 51.5 Å². The second-order valence-electron chi connectivity index (χ2n) is 5.59. The molecule has 0 aliphatic heterocycles. The molecule has 0 radical (unpaired) electrons. The summed E-state index contributed by atoms with van der Waals surface area (Å²) in [5, 5.41) is 2.77. The summed E-state index contributed by atoms with van der Waals surface area (Å²) in [5.41, 5.74) is 0.833. The van der Waals surface area contributed by atoms with Crippen LogP contribution >= 0.6 is 0 Å². The van der Waals surface area contributed by atoms with Gasteiger partial charge in [0.1, 0.15) is 5.75 Å². The third kappa shape index (κ3) is 5.63. The van der Waals surface area contributed by atoms with Crippen molar-refractivity contribution in [3.05, 3.63) is 24.0 Å². The summed E-state index contributed by atoms with van der Waals surface area (Å²) in [6, 6.07) is 1.57. The number of sulfone groups is 1. The number of rotatable bonds is 8. The number of ether oxygens (including phenoxy) is 1. The highest BCUT2D eigenvalue weighted by molar-refractivity contribution is 7.91. The summed E-state index contributed by atoms with van der Waals surface area (Å²) < 4.78 is 29.4. The van der Waals surface area contributed by atoms with Crippen molar-refractivity contribution in [1.29, 1.82) is 0 Å². The summed E-state index contributed by atoms with van der Waals surface area (Å²) in [6.45, 7) is 8.40. The lowest BCUT2D eigenvalue weighted by molar-refractivity contribution is 0.241. The molecule has 2 atom stereocenters. The quantitative estimate of drug-likeness (QED) is 0.797. The van der Waals surface area contributed by atoms with E-state index < -0.39 is 15.1 Å². The number of nitrogens with one attached hydrogen (secondary N) is 1. The Morgan fingerprint density at radius 3 is 2.48 bits per heavy atom. The van der Waals surface area contributed by atoms with Gasteiger partial charge in [-0.05, 0) is 45.4 Å². The minimum absolute atomic E-state index is 0.0523. The van der Waals surface area contributed by atoms with Gasteiger partial charge in [-0.3, -0.25) is 4.98 Å². The minimum atomic E-state index is -3.15. The van der Waals surface area contributed by atoms with Crippen LogP contribution in [-0.4, -0.2) is 37.6 Å². The number of nitrogens with zero attached hydrogens (tertiary/aromatic N) is 1. The maximum Gasteiger partial charge on any atom is 0.151 e. The van der Waals surface area contributed by atoms with E-state index in [0.717, 1.165) is 18.5 Å². The Morgan fingerprint density at radius 1 is 1.29 bits per heavy atom. The number of hydrogen-bond donors (Lipinski definition) is 1. The van der Waals surface area contributed by atoms with Crippen LogP contribution in [0.15, 0.2) is 18.5 Å². The largest absolute Gasteiger partial charge is 0.489 e. The molecule has 1 rings (SSSR count). The molecule has 0 saturated carbocycles. The van der Waals surface area contributed by atoms with E-state index in [1.54, 1.807) is 19.3 Å². The summed E-state index contributed by atoms with van der Waals surface area (Å²) in [6.07, 6.45) is 5.59. The molecule has 6 heteroatoms. The van der Waals surface area contributed by atoms with Gasteiger partial charge in [0.15, 0.2) is 9.84 Å². The van der Waals surface area contributed by atoms with Crippen LogP contribution in [0.25, 0.3) is 0 Å². The van der Waals surface area contributed by atoms with E-state index in [9.17, 15) is 8.42 Å². The van der Waals surface area contributed by atoms with Gasteiger partial charge in [0, 0.05) is 12.5 Å². The summed E-state index contributed by atoms with van der Waals surface area (Å²) in [4.78, 5) is 4.17. The molecular weight excluding hydrogens is 288 g/mol. The van der Waals surface area contributed by atoms with Gasteiger partial charge in [-0.1, -0.05) is 6.92 Å². The Morgan fingerprint density at radius 2 is 1.95 bits per heavy atom. The Balaban J connectivity index is 3.08. The molecule has 0 aliphatic carbocycles. The fraction of sp³-hybridized carbons (Fsp3) is 0.667. The second kappa shape index (κ2) is 7.75. The molecule has 0 spiro atoms. The molecule has 0 aliphatic rings. The van der Waals surface area contributed by atoms with Crippen LogP contribution in [0.4, 0.5) is 0 Å². The fourth-order valence-electron chi connectivity index (χ4n) is 2.04. The van der Waals surface area contributed by atoms with E-state index in [1.165, 1.54) is 6.26 Å². The molecule has 0 aromatic carbocycles. The minimum Gasteiger partial charge on any atom is -0.489 e. The SMILES string of the molecule is CCCNC(c1cncc(OC(C)C)c1)C(C)S(C)(=O)=O.